The molecule has 350 valence electrons. The first-order valence-electron chi connectivity index (χ1n) is 21.5. The van der Waals surface area contributed by atoms with E-state index in [1.54, 1.807) is 13.8 Å². The zero-order chi connectivity index (χ0) is 46.5. The first-order valence-corrected chi connectivity index (χ1v) is 28.8. The fourth-order valence-corrected chi connectivity index (χ4v) is 11.1. The van der Waals surface area contributed by atoms with Gasteiger partial charge in [0.15, 0.2) is 28.5 Å². The molecule has 5 rings (SSSR count). The zero-order valence-electron chi connectivity index (χ0n) is 38.4. The molecule has 0 saturated carbocycles. The number of ether oxygens (including phenoxy) is 2. The molecule has 0 unspecified atom stereocenters. The Balaban J connectivity index is 1.37. The third kappa shape index (κ3) is 9.81. The van der Waals surface area contributed by atoms with Gasteiger partial charge in [0.25, 0.3) is 21.2 Å². The lowest BCUT2D eigenvalue weighted by molar-refractivity contribution is -0.0567. The lowest BCUT2D eigenvalue weighted by Crippen LogP contribution is -2.59. The second kappa shape index (κ2) is 18.1. The highest BCUT2D eigenvalue weighted by molar-refractivity contribution is 7.90. The van der Waals surface area contributed by atoms with Gasteiger partial charge in [0.2, 0.25) is 0 Å². The van der Waals surface area contributed by atoms with Gasteiger partial charge in [-0.3, -0.25) is 27.9 Å². The van der Waals surface area contributed by atoms with Gasteiger partial charge in [0, 0.05) is 43.0 Å². The molecule has 5 heterocycles. The molecule has 18 nitrogen and oxygen atoms in total. The molecule has 2 saturated heterocycles. The van der Waals surface area contributed by atoms with Crippen molar-refractivity contribution in [2.75, 3.05) is 13.2 Å². The summed E-state index contributed by atoms with van der Waals surface area (Å²) in [4.78, 5) is 54.3. The van der Waals surface area contributed by atoms with Crippen molar-refractivity contribution in [2.24, 2.45) is 5.73 Å². The van der Waals surface area contributed by atoms with E-state index in [1.807, 2.05) is 33.9 Å². The van der Waals surface area contributed by atoms with Gasteiger partial charge in [-0.05, 0) is 63.0 Å². The van der Waals surface area contributed by atoms with Crippen LogP contribution in [-0.4, -0.2) is 96.8 Å². The Morgan fingerprint density at radius 2 is 1.32 bits per heavy atom. The summed E-state index contributed by atoms with van der Waals surface area (Å²) in [5.74, 6) is 0. The van der Waals surface area contributed by atoms with Crippen molar-refractivity contribution in [1.82, 2.24) is 18.3 Å². The molecule has 3 aliphatic rings. The Bertz CT molecular complexity index is 2360. The first kappa shape index (κ1) is 50.0. The fraction of sp³-hybridized carbons (Fsp3) is 0.756. The van der Waals surface area contributed by atoms with Crippen LogP contribution in [0.1, 0.15) is 104 Å². The predicted molar refractivity (Wildman–Crippen MR) is 238 cm³/mol. The van der Waals surface area contributed by atoms with Crippen molar-refractivity contribution >= 4 is 26.8 Å². The summed E-state index contributed by atoms with van der Waals surface area (Å²) in [6.07, 6.45) is -0.295. The van der Waals surface area contributed by atoms with Gasteiger partial charge in [0.05, 0.1) is 30.4 Å². The highest BCUT2D eigenvalue weighted by atomic mass is 32.2. The summed E-state index contributed by atoms with van der Waals surface area (Å²) in [6, 6.07) is 0. The minimum atomic E-state index is -4.29. The summed E-state index contributed by atoms with van der Waals surface area (Å²) >= 11 is 0. The van der Waals surface area contributed by atoms with Gasteiger partial charge in [-0.25, -0.2) is 13.8 Å². The molecule has 7 atom stereocenters. The van der Waals surface area contributed by atoms with Crippen molar-refractivity contribution in [1.29, 1.82) is 0 Å². The molecule has 2 aromatic rings. The molecule has 62 heavy (non-hydrogen) atoms. The summed E-state index contributed by atoms with van der Waals surface area (Å²) < 4.78 is 63.2. The minimum absolute atomic E-state index is 0.0833. The number of hydrogen-bond acceptors (Lipinski definition) is 14. The van der Waals surface area contributed by atoms with E-state index < -0.39 is 98.3 Å². The molecular formula is C41H69N5O13SSi2. The lowest BCUT2D eigenvalue weighted by Gasteiger charge is -2.43. The molecule has 1 spiro atoms. The molecule has 0 amide bonds. The Labute approximate surface area is 366 Å². The molecule has 4 N–H and O–H groups in total. The van der Waals surface area contributed by atoms with E-state index in [0.29, 0.717) is 37.7 Å². The number of rotatable bonds is 16. The maximum absolute atomic E-state index is 14.5. The molecule has 21 heteroatoms. The van der Waals surface area contributed by atoms with Crippen LogP contribution in [0.5, 0.6) is 0 Å². The minimum Gasteiger partial charge on any atom is -0.414 e. The van der Waals surface area contributed by atoms with E-state index in [9.17, 15) is 37.8 Å². The van der Waals surface area contributed by atoms with Crippen LogP contribution in [0.4, 0.5) is 0 Å². The normalized spacial score (nSPS) is 26.8. The monoisotopic (exact) mass is 927 g/mol. The molecule has 2 fully saturated rings. The smallest absolute Gasteiger partial charge is 0.333 e. The van der Waals surface area contributed by atoms with Crippen LogP contribution in [0.25, 0.3) is 0 Å². The van der Waals surface area contributed by atoms with E-state index in [0.717, 1.165) is 14.5 Å². The lowest BCUT2D eigenvalue weighted by atomic mass is 9.89. The third-order valence-corrected chi connectivity index (χ3v) is 23.5. The number of aromatic nitrogens is 4. The van der Waals surface area contributed by atoms with E-state index in [-0.39, 0.29) is 47.5 Å². The van der Waals surface area contributed by atoms with Crippen LogP contribution in [0.15, 0.2) is 42.7 Å². The van der Waals surface area contributed by atoms with Crippen molar-refractivity contribution in [3.8, 4) is 0 Å². The van der Waals surface area contributed by atoms with E-state index >= 15 is 0 Å². The van der Waals surface area contributed by atoms with Crippen LogP contribution in [0.2, 0.25) is 36.3 Å². The number of aryl methyl sites for hydroxylation is 2. The Hall–Kier alpha value is -3.00. The molecule has 3 aliphatic heterocycles. The van der Waals surface area contributed by atoms with Gasteiger partial charge in [-0.15, -0.1) is 0 Å². The van der Waals surface area contributed by atoms with Crippen molar-refractivity contribution in [2.45, 2.75) is 186 Å². The van der Waals surface area contributed by atoms with Crippen LogP contribution in [0.3, 0.4) is 0 Å². The van der Waals surface area contributed by atoms with Crippen molar-refractivity contribution in [3.05, 3.63) is 76.3 Å². The summed E-state index contributed by atoms with van der Waals surface area (Å²) in [7, 11) is -9.52. The molecular weight excluding hydrogens is 859 g/mol. The Morgan fingerprint density at radius 3 is 1.79 bits per heavy atom. The highest BCUT2D eigenvalue weighted by Crippen LogP contribution is 2.52. The number of hydrogen-bond donors (Lipinski definition) is 3. The summed E-state index contributed by atoms with van der Waals surface area (Å²) in [5.41, 5.74) is 3.12. The van der Waals surface area contributed by atoms with Crippen LogP contribution < -0.4 is 28.2 Å². The summed E-state index contributed by atoms with van der Waals surface area (Å²) in [5, 5.41) is 20.0. The number of nitrogens with two attached hydrogens (primary N) is 1. The number of unbranched alkanes of at least 4 members (excludes halogenated alkanes) is 4. The number of aliphatic hydroxyl groups excluding tert-OH is 2. The molecule has 0 aliphatic carbocycles. The van der Waals surface area contributed by atoms with Crippen molar-refractivity contribution < 1.29 is 41.1 Å². The van der Waals surface area contributed by atoms with E-state index in [4.69, 9.17) is 28.2 Å². The van der Waals surface area contributed by atoms with Crippen LogP contribution in [0, 0.1) is 13.8 Å². The molecule has 0 bridgehead atoms. The standard InChI is InChI=1S/C41H69N5O13SSi2/c1-26-21-45(32-20-28(48)29(23-47)56-32)37(51)43(34(26)49)18-16-14-13-15-17-19-44-35(50)27(2)22-46(38(44)52)36-33(58-62(11,12)40(6,7)8)41(30(42)25-60(53,54)59-41)31(57-36)24-55-61(9,10)39(3,4)5/h21-22,25,28-29,31-33,36,47-48H,13-20,23-24,42H2,1-12H3/t28-,29+,31+,32+,33-,36+,41+/m0/s1. The average molecular weight is 928 g/mol. The maximum atomic E-state index is 14.5. The second-order valence-corrected chi connectivity index (χ2v) is 31.1. The van der Waals surface area contributed by atoms with Crippen molar-refractivity contribution in [3.63, 3.8) is 0 Å². The maximum Gasteiger partial charge on any atom is 0.333 e. The van der Waals surface area contributed by atoms with Gasteiger partial charge >= 0.3 is 11.4 Å². The largest absolute Gasteiger partial charge is 0.414 e. The van der Waals surface area contributed by atoms with Gasteiger partial charge < -0.3 is 34.3 Å². The fourth-order valence-electron chi connectivity index (χ4n) is 7.63. The number of aliphatic hydroxyl groups is 2. The Morgan fingerprint density at radius 1 is 0.823 bits per heavy atom. The first-order chi connectivity index (χ1) is 28.5. The van der Waals surface area contributed by atoms with Crippen LogP contribution in [-0.2, 0) is 45.7 Å². The molecule has 0 radical (unpaired) electrons. The van der Waals surface area contributed by atoms with Gasteiger partial charge in [-0.2, -0.15) is 8.42 Å². The molecule has 0 aromatic carbocycles. The topological polar surface area (TPSA) is 235 Å². The average Bonchev–Trinajstić information content (AvgIpc) is 3.76. The van der Waals surface area contributed by atoms with E-state index in [2.05, 4.69) is 33.9 Å². The summed E-state index contributed by atoms with van der Waals surface area (Å²) in [6.45, 7) is 23.4. The van der Waals surface area contributed by atoms with Gasteiger partial charge in [0.1, 0.15) is 24.5 Å². The van der Waals surface area contributed by atoms with Gasteiger partial charge in [-0.1, -0.05) is 60.8 Å². The SMILES string of the molecule is Cc1cn([C@@H]2O[C@H](CO[Si](C)(C)C(C)(C)C)[C@@]3(OS(=O)(=O)C=C3N)[C@H]2O[Si](C)(C)C(C)(C)C)c(=O)n(CCCCCCCn2c(=O)c(C)cn([C@H]3C[C@H](O)[C@@H](CO)O3)c2=O)c1=O. The van der Waals surface area contributed by atoms with Crippen LogP contribution >= 0.6 is 0 Å². The quantitative estimate of drug-likeness (QED) is 0.124. The number of nitrogens with zero attached hydrogens (tertiary/aromatic N) is 4. The highest BCUT2D eigenvalue weighted by Gasteiger charge is 2.67. The second-order valence-electron chi connectivity index (χ2n) is 20.1. The molecule has 2 aromatic heterocycles. The van der Waals surface area contributed by atoms with E-state index in [1.165, 1.54) is 21.5 Å². The third-order valence-electron chi connectivity index (χ3n) is 13.5. The zero-order valence-corrected chi connectivity index (χ0v) is 41.2. The predicted octanol–water partition coefficient (Wildman–Crippen LogP) is 3.45. The Kier molecular flexibility index (Phi) is 14.6.